The Balaban J connectivity index is 1.91. The Morgan fingerprint density at radius 3 is 2.78 bits per heavy atom. The molecule has 1 N–H and O–H groups in total. The lowest BCUT2D eigenvalue weighted by Crippen LogP contribution is -2.53. The zero-order chi connectivity index (χ0) is 12.5. The van der Waals surface area contributed by atoms with Crippen LogP contribution in [-0.4, -0.2) is 29.3 Å². The predicted octanol–water partition coefficient (Wildman–Crippen LogP) is 1.15. The molecule has 0 bridgehead atoms. The Morgan fingerprint density at radius 2 is 2.00 bits per heavy atom. The number of hydrogen-bond donors (Lipinski definition) is 1. The highest BCUT2D eigenvalue weighted by Gasteiger charge is 2.40. The molecule has 0 spiro atoms. The van der Waals surface area contributed by atoms with Crippen molar-refractivity contribution in [3.63, 3.8) is 0 Å². The van der Waals surface area contributed by atoms with E-state index in [9.17, 15) is 9.59 Å². The summed E-state index contributed by atoms with van der Waals surface area (Å²) in [6, 6.07) is 9.27. The van der Waals surface area contributed by atoms with Crippen LogP contribution in [0.4, 0.5) is 0 Å². The van der Waals surface area contributed by atoms with E-state index >= 15 is 0 Å². The zero-order valence-electron chi connectivity index (χ0n) is 9.93. The lowest BCUT2D eigenvalue weighted by molar-refractivity contribution is -0.140. The Labute approximate surface area is 105 Å². The van der Waals surface area contributed by atoms with Crippen LogP contribution in [0, 0.1) is 0 Å². The van der Waals surface area contributed by atoms with Crippen LogP contribution >= 0.6 is 0 Å². The largest absolute Gasteiger partial charge is 0.325 e. The van der Waals surface area contributed by atoms with Crippen molar-refractivity contribution < 1.29 is 9.59 Å². The van der Waals surface area contributed by atoms with Crippen molar-refractivity contribution in [3.8, 4) is 0 Å². The molecular weight excluding hydrogens is 228 g/mol. The van der Waals surface area contributed by atoms with E-state index in [1.165, 1.54) is 0 Å². The van der Waals surface area contributed by atoms with Gasteiger partial charge in [-0.15, -0.1) is 0 Å². The number of nitrogens with one attached hydrogen (secondary N) is 1. The minimum Gasteiger partial charge on any atom is -0.325 e. The molecule has 3 rings (SSSR count). The maximum Gasteiger partial charge on any atom is 0.271 e. The van der Waals surface area contributed by atoms with Gasteiger partial charge in [-0.05, 0) is 24.5 Å². The summed E-state index contributed by atoms with van der Waals surface area (Å²) in [4.78, 5) is 25.8. The number of rotatable bonds is 1. The van der Waals surface area contributed by atoms with Crippen LogP contribution in [0.25, 0.3) is 6.08 Å². The molecule has 4 heteroatoms. The molecule has 92 valence electrons. The van der Waals surface area contributed by atoms with E-state index in [4.69, 9.17) is 0 Å². The Hall–Kier alpha value is -2.10. The average Bonchev–Trinajstić information content (AvgIpc) is 2.87. The van der Waals surface area contributed by atoms with Gasteiger partial charge in [-0.25, -0.2) is 0 Å². The van der Waals surface area contributed by atoms with E-state index in [0.717, 1.165) is 18.4 Å². The van der Waals surface area contributed by atoms with Gasteiger partial charge in [-0.1, -0.05) is 30.3 Å². The SMILES string of the molecule is O=C1NC(=Cc2ccccc2)C(=O)N2CCCC12. The van der Waals surface area contributed by atoms with Crippen molar-refractivity contribution >= 4 is 17.9 Å². The van der Waals surface area contributed by atoms with Gasteiger partial charge in [0.25, 0.3) is 5.91 Å². The van der Waals surface area contributed by atoms with Gasteiger partial charge in [0.2, 0.25) is 5.91 Å². The van der Waals surface area contributed by atoms with Crippen LogP contribution in [0.3, 0.4) is 0 Å². The van der Waals surface area contributed by atoms with E-state index in [0.29, 0.717) is 12.2 Å². The molecule has 0 aromatic heterocycles. The highest BCUT2D eigenvalue weighted by molar-refractivity contribution is 6.07. The van der Waals surface area contributed by atoms with Gasteiger partial charge in [-0.2, -0.15) is 0 Å². The van der Waals surface area contributed by atoms with Crippen molar-refractivity contribution in [2.75, 3.05) is 6.54 Å². The molecule has 1 unspecified atom stereocenters. The molecule has 2 aliphatic heterocycles. The Morgan fingerprint density at radius 1 is 1.22 bits per heavy atom. The van der Waals surface area contributed by atoms with Crippen molar-refractivity contribution in [2.45, 2.75) is 18.9 Å². The fourth-order valence-electron chi connectivity index (χ4n) is 2.52. The highest BCUT2D eigenvalue weighted by atomic mass is 16.2. The summed E-state index contributed by atoms with van der Waals surface area (Å²) in [5.74, 6) is -0.129. The number of benzene rings is 1. The first kappa shape index (κ1) is 11.0. The molecule has 2 saturated heterocycles. The lowest BCUT2D eigenvalue weighted by Gasteiger charge is -2.30. The number of piperazine rings is 1. The number of hydrogen-bond acceptors (Lipinski definition) is 2. The Bertz CT molecular complexity index is 522. The molecule has 1 aromatic carbocycles. The molecule has 0 aliphatic carbocycles. The van der Waals surface area contributed by atoms with Crippen LogP contribution in [-0.2, 0) is 9.59 Å². The molecule has 2 fully saturated rings. The first-order valence-electron chi connectivity index (χ1n) is 6.14. The first-order valence-corrected chi connectivity index (χ1v) is 6.14. The fraction of sp³-hybridized carbons (Fsp3) is 0.286. The smallest absolute Gasteiger partial charge is 0.271 e. The average molecular weight is 242 g/mol. The summed E-state index contributed by atoms with van der Waals surface area (Å²) < 4.78 is 0. The second-order valence-electron chi connectivity index (χ2n) is 4.61. The molecule has 1 aromatic rings. The maximum atomic E-state index is 12.2. The van der Waals surface area contributed by atoms with E-state index in [2.05, 4.69) is 5.32 Å². The normalized spacial score (nSPS) is 25.2. The molecule has 0 saturated carbocycles. The third-order valence-corrected chi connectivity index (χ3v) is 3.42. The van der Waals surface area contributed by atoms with Gasteiger partial charge in [-0.3, -0.25) is 9.59 Å². The third-order valence-electron chi connectivity index (χ3n) is 3.42. The third kappa shape index (κ3) is 1.79. The van der Waals surface area contributed by atoms with Crippen LogP contribution in [0.15, 0.2) is 36.0 Å². The summed E-state index contributed by atoms with van der Waals surface area (Å²) >= 11 is 0. The second-order valence-corrected chi connectivity index (χ2v) is 4.61. The first-order chi connectivity index (χ1) is 8.75. The summed E-state index contributed by atoms with van der Waals surface area (Å²) in [7, 11) is 0. The van der Waals surface area contributed by atoms with E-state index in [1.807, 2.05) is 30.3 Å². The van der Waals surface area contributed by atoms with E-state index < -0.39 is 0 Å². The number of nitrogens with zero attached hydrogens (tertiary/aromatic N) is 1. The monoisotopic (exact) mass is 242 g/mol. The highest BCUT2D eigenvalue weighted by Crippen LogP contribution is 2.24. The molecule has 2 heterocycles. The number of carbonyl (C=O) groups is 2. The van der Waals surface area contributed by atoms with Crippen molar-refractivity contribution in [1.82, 2.24) is 10.2 Å². The van der Waals surface area contributed by atoms with Crippen LogP contribution in [0.1, 0.15) is 18.4 Å². The molecule has 18 heavy (non-hydrogen) atoms. The van der Waals surface area contributed by atoms with Crippen molar-refractivity contribution in [1.29, 1.82) is 0 Å². The van der Waals surface area contributed by atoms with Gasteiger partial charge in [0, 0.05) is 6.54 Å². The van der Waals surface area contributed by atoms with Crippen LogP contribution in [0.2, 0.25) is 0 Å². The van der Waals surface area contributed by atoms with Crippen molar-refractivity contribution in [3.05, 3.63) is 41.6 Å². The van der Waals surface area contributed by atoms with Crippen LogP contribution in [0.5, 0.6) is 0 Å². The van der Waals surface area contributed by atoms with E-state index in [-0.39, 0.29) is 17.9 Å². The summed E-state index contributed by atoms with van der Waals surface area (Å²) in [5.41, 5.74) is 1.29. The molecule has 2 aliphatic rings. The molecule has 1 atom stereocenters. The minimum atomic E-state index is -0.259. The standard InChI is InChI=1S/C14H14N2O2/c17-13-12-7-4-8-16(12)14(18)11(15-13)9-10-5-2-1-3-6-10/h1-3,5-6,9,12H,4,7-8H2,(H,15,17). The van der Waals surface area contributed by atoms with Gasteiger partial charge in [0.15, 0.2) is 0 Å². The van der Waals surface area contributed by atoms with Gasteiger partial charge in [0.05, 0.1) is 0 Å². The quantitative estimate of drug-likeness (QED) is 0.751. The zero-order valence-corrected chi connectivity index (χ0v) is 9.93. The molecular formula is C14H14N2O2. The van der Waals surface area contributed by atoms with E-state index in [1.54, 1.807) is 11.0 Å². The maximum absolute atomic E-state index is 12.2. The summed E-state index contributed by atoms with van der Waals surface area (Å²) in [5, 5.41) is 2.72. The number of fused-ring (bicyclic) bond motifs is 1. The summed E-state index contributed by atoms with van der Waals surface area (Å²) in [6.07, 6.45) is 3.41. The summed E-state index contributed by atoms with van der Waals surface area (Å²) in [6.45, 7) is 0.684. The second kappa shape index (κ2) is 4.29. The molecule has 0 radical (unpaired) electrons. The molecule has 4 nitrogen and oxygen atoms in total. The van der Waals surface area contributed by atoms with Gasteiger partial charge in [0.1, 0.15) is 11.7 Å². The Kier molecular flexibility index (Phi) is 2.63. The van der Waals surface area contributed by atoms with Crippen LogP contribution < -0.4 is 5.32 Å². The lowest BCUT2D eigenvalue weighted by atomic mass is 10.1. The molecule has 2 amide bonds. The fourth-order valence-corrected chi connectivity index (χ4v) is 2.52. The number of carbonyl (C=O) groups excluding carboxylic acids is 2. The predicted molar refractivity (Wildman–Crippen MR) is 67.3 cm³/mol. The van der Waals surface area contributed by atoms with Gasteiger partial charge < -0.3 is 10.2 Å². The minimum absolute atomic E-state index is 0.0609. The number of amides is 2. The topological polar surface area (TPSA) is 49.4 Å². The van der Waals surface area contributed by atoms with Gasteiger partial charge >= 0.3 is 0 Å². The van der Waals surface area contributed by atoms with Crippen molar-refractivity contribution in [2.24, 2.45) is 0 Å².